The van der Waals surface area contributed by atoms with Gasteiger partial charge >= 0.3 is 0 Å². The first-order valence-electron chi connectivity index (χ1n) is 5.71. The van der Waals surface area contributed by atoms with Crippen LogP contribution in [0.2, 0.25) is 0 Å². The predicted octanol–water partition coefficient (Wildman–Crippen LogP) is 0.339. The third-order valence-electron chi connectivity index (χ3n) is 2.37. The molecule has 18 heavy (non-hydrogen) atoms. The molecule has 0 aromatic heterocycles. The monoisotopic (exact) mass is 253 g/mol. The molecule has 0 aliphatic heterocycles. The van der Waals surface area contributed by atoms with E-state index in [1.54, 1.807) is 24.3 Å². The van der Waals surface area contributed by atoms with E-state index in [9.17, 15) is 9.90 Å². The minimum Gasteiger partial charge on any atom is -0.492 e. The molecule has 0 radical (unpaired) electrons. The zero-order valence-electron chi connectivity index (χ0n) is 10.6. The number of aliphatic hydroxyl groups is 2. The topological polar surface area (TPSA) is 92.8 Å². The second-order valence-electron chi connectivity index (χ2n) is 4.67. The van der Waals surface area contributed by atoms with Crippen molar-refractivity contribution in [1.29, 1.82) is 0 Å². The molecule has 5 nitrogen and oxygen atoms in total. The molecule has 1 aromatic rings. The van der Waals surface area contributed by atoms with E-state index in [0.717, 1.165) is 0 Å². The Labute approximate surface area is 106 Å². The number of aliphatic hydroxyl groups excluding tert-OH is 1. The van der Waals surface area contributed by atoms with Crippen LogP contribution in [0, 0.1) is 0 Å². The Bertz CT molecular complexity index is 394. The summed E-state index contributed by atoms with van der Waals surface area (Å²) in [7, 11) is 0. The summed E-state index contributed by atoms with van der Waals surface area (Å²) in [5, 5.41) is 18.3. The van der Waals surface area contributed by atoms with Gasteiger partial charge in [0.1, 0.15) is 18.0 Å². The molecule has 1 unspecified atom stereocenters. The first kappa shape index (κ1) is 14.6. The zero-order chi connectivity index (χ0) is 13.8. The standard InChI is InChI=1S/C13H19NO4/c1-13(2,17)12(16)9-3-5-11(6-4-9)18-8-10(14)7-15/h3-6,10,15,17H,7-8,14H2,1-2H3. The summed E-state index contributed by atoms with van der Waals surface area (Å²) < 4.78 is 5.32. The summed E-state index contributed by atoms with van der Waals surface area (Å²) in [5.41, 5.74) is 4.52. The van der Waals surface area contributed by atoms with Crippen molar-refractivity contribution in [2.24, 2.45) is 5.73 Å². The summed E-state index contributed by atoms with van der Waals surface area (Å²) in [4.78, 5) is 11.7. The van der Waals surface area contributed by atoms with Gasteiger partial charge in [-0.1, -0.05) is 0 Å². The van der Waals surface area contributed by atoms with E-state index in [0.29, 0.717) is 11.3 Å². The lowest BCUT2D eigenvalue weighted by atomic mass is 9.97. The van der Waals surface area contributed by atoms with Crippen molar-refractivity contribution in [2.75, 3.05) is 13.2 Å². The molecule has 5 heteroatoms. The van der Waals surface area contributed by atoms with Crippen LogP contribution in [-0.4, -0.2) is 40.9 Å². The maximum atomic E-state index is 11.7. The van der Waals surface area contributed by atoms with E-state index in [-0.39, 0.29) is 19.0 Å². The minimum atomic E-state index is -1.39. The van der Waals surface area contributed by atoms with Gasteiger partial charge in [-0.15, -0.1) is 0 Å². The van der Waals surface area contributed by atoms with E-state index in [1.807, 2.05) is 0 Å². The number of ketones is 1. The van der Waals surface area contributed by atoms with Gasteiger partial charge in [0.2, 0.25) is 0 Å². The SMILES string of the molecule is CC(C)(O)C(=O)c1ccc(OCC(N)CO)cc1. The molecule has 1 rings (SSSR count). The van der Waals surface area contributed by atoms with E-state index in [4.69, 9.17) is 15.6 Å². The normalized spacial score (nSPS) is 13.2. The highest BCUT2D eigenvalue weighted by molar-refractivity contribution is 6.01. The molecule has 0 amide bonds. The Morgan fingerprint density at radius 2 is 1.94 bits per heavy atom. The van der Waals surface area contributed by atoms with E-state index >= 15 is 0 Å². The van der Waals surface area contributed by atoms with Crippen LogP contribution >= 0.6 is 0 Å². The van der Waals surface area contributed by atoms with Crippen LogP contribution in [0.25, 0.3) is 0 Å². The van der Waals surface area contributed by atoms with Crippen LogP contribution in [0.15, 0.2) is 24.3 Å². The van der Waals surface area contributed by atoms with Crippen molar-refractivity contribution in [1.82, 2.24) is 0 Å². The average molecular weight is 253 g/mol. The van der Waals surface area contributed by atoms with Gasteiger partial charge in [0.05, 0.1) is 12.6 Å². The molecule has 0 bridgehead atoms. The number of ether oxygens (including phenoxy) is 1. The van der Waals surface area contributed by atoms with Crippen LogP contribution in [0.3, 0.4) is 0 Å². The maximum absolute atomic E-state index is 11.7. The third-order valence-corrected chi connectivity index (χ3v) is 2.37. The number of benzene rings is 1. The highest BCUT2D eigenvalue weighted by atomic mass is 16.5. The molecule has 100 valence electrons. The maximum Gasteiger partial charge on any atom is 0.193 e. The Hall–Kier alpha value is -1.43. The number of rotatable bonds is 6. The lowest BCUT2D eigenvalue weighted by Crippen LogP contribution is -2.31. The summed E-state index contributed by atoms with van der Waals surface area (Å²) in [6, 6.07) is 5.99. The summed E-state index contributed by atoms with van der Waals surface area (Å²) in [6.07, 6.45) is 0. The predicted molar refractivity (Wildman–Crippen MR) is 67.6 cm³/mol. The number of hydrogen-bond donors (Lipinski definition) is 3. The van der Waals surface area contributed by atoms with Gasteiger partial charge in [-0.05, 0) is 38.1 Å². The van der Waals surface area contributed by atoms with Gasteiger partial charge in [0.15, 0.2) is 5.78 Å². The van der Waals surface area contributed by atoms with Gasteiger partial charge < -0.3 is 20.7 Å². The molecule has 0 fully saturated rings. The molecular formula is C13H19NO4. The van der Waals surface area contributed by atoms with Crippen LogP contribution in [0.1, 0.15) is 24.2 Å². The summed E-state index contributed by atoms with van der Waals surface area (Å²) >= 11 is 0. The zero-order valence-corrected chi connectivity index (χ0v) is 10.6. The fourth-order valence-electron chi connectivity index (χ4n) is 1.31. The molecule has 1 aromatic carbocycles. The van der Waals surface area contributed by atoms with Crippen LogP contribution in [0.5, 0.6) is 5.75 Å². The highest BCUT2D eigenvalue weighted by Crippen LogP contribution is 2.17. The van der Waals surface area contributed by atoms with Gasteiger partial charge in [0, 0.05) is 5.56 Å². The molecular weight excluding hydrogens is 234 g/mol. The van der Waals surface area contributed by atoms with Crippen LogP contribution < -0.4 is 10.5 Å². The number of carbonyl (C=O) groups excluding carboxylic acids is 1. The van der Waals surface area contributed by atoms with Crippen molar-refractivity contribution in [3.8, 4) is 5.75 Å². The smallest absolute Gasteiger partial charge is 0.193 e. The molecule has 0 saturated heterocycles. The molecule has 0 spiro atoms. The summed E-state index contributed by atoms with van der Waals surface area (Å²) in [6.45, 7) is 2.95. The number of carbonyl (C=O) groups is 1. The highest BCUT2D eigenvalue weighted by Gasteiger charge is 2.24. The van der Waals surface area contributed by atoms with Crippen LogP contribution in [-0.2, 0) is 0 Å². The first-order chi connectivity index (χ1) is 8.34. The number of hydrogen-bond acceptors (Lipinski definition) is 5. The van der Waals surface area contributed by atoms with Gasteiger partial charge in [0.25, 0.3) is 0 Å². The lowest BCUT2D eigenvalue weighted by molar-refractivity contribution is 0.0488. The van der Waals surface area contributed by atoms with E-state index in [1.165, 1.54) is 13.8 Å². The Morgan fingerprint density at radius 3 is 2.39 bits per heavy atom. The van der Waals surface area contributed by atoms with E-state index < -0.39 is 11.6 Å². The fraction of sp³-hybridized carbons (Fsp3) is 0.462. The molecule has 1 atom stereocenters. The quantitative estimate of drug-likeness (QED) is 0.636. The van der Waals surface area contributed by atoms with Gasteiger partial charge in [-0.2, -0.15) is 0 Å². The van der Waals surface area contributed by atoms with Gasteiger partial charge in [-0.25, -0.2) is 0 Å². The number of Topliss-reactive ketones (excluding diaryl/α,β-unsaturated/α-hetero) is 1. The third kappa shape index (κ3) is 4.10. The van der Waals surface area contributed by atoms with E-state index in [2.05, 4.69) is 0 Å². The Kier molecular flexibility index (Phi) is 4.84. The van der Waals surface area contributed by atoms with Crippen molar-refractivity contribution in [3.63, 3.8) is 0 Å². The molecule has 0 heterocycles. The van der Waals surface area contributed by atoms with Crippen molar-refractivity contribution >= 4 is 5.78 Å². The largest absolute Gasteiger partial charge is 0.492 e. The van der Waals surface area contributed by atoms with Crippen LogP contribution in [0.4, 0.5) is 0 Å². The number of nitrogens with two attached hydrogens (primary N) is 1. The molecule has 0 aliphatic rings. The van der Waals surface area contributed by atoms with Crippen molar-refractivity contribution < 1.29 is 19.7 Å². The average Bonchev–Trinajstić information content (AvgIpc) is 2.34. The fourth-order valence-corrected chi connectivity index (χ4v) is 1.31. The van der Waals surface area contributed by atoms with Gasteiger partial charge in [-0.3, -0.25) is 4.79 Å². The first-order valence-corrected chi connectivity index (χ1v) is 5.71. The van der Waals surface area contributed by atoms with Crippen molar-refractivity contribution in [3.05, 3.63) is 29.8 Å². The summed E-state index contributed by atoms with van der Waals surface area (Å²) in [5.74, 6) is 0.215. The Morgan fingerprint density at radius 1 is 1.39 bits per heavy atom. The molecule has 4 N–H and O–H groups in total. The Balaban J connectivity index is 2.66. The second kappa shape index (κ2) is 5.95. The lowest BCUT2D eigenvalue weighted by Gasteiger charge is -2.16. The van der Waals surface area contributed by atoms with Crippen molar-refractivity contribution in [2.45, 2.75) is 25.5 Å². The minimum absolute atomic E-state index is 0.144. The molecule has 0 saturated carbocycles. The molecule has 0 aliphatic carbocycles. The second-order valence-corrected chi connectivity index (χ2v) is 4.67.